The summed E-state index contributed by atoms with van der Waals surface area (Å²) in [5.41, 5.74) is 1.01. The van der Waals surface area contributed by atoms with Crippen molar-refractivity contribution in [2.24, 2.45) is 5.92 Å². The Hall–Kier alpha value is -2.18. The molecule has 1 aromatic heterocycles. The first-order valence-corrected chi connectivity index (χ1v) is 9.10. The summed E-state index contributed by atoms with van der Waals surface area (Å²) in [6.07, 6.45) is 1.34. The minimum atomic E-state index is -1.24. The molecule has 2 unspecified atom stereocenters. The van der Waals surface area contributed by atoms with Crippen LogP contribution in [0, 0.1) is 5.92 Å². The van der Waals surface area contributed by atoms with Gasteiger partial charge in [0.25, 0.3) is 0 Å². The fourth-order valence-corrected chi connectivity index (χ4v) is 4.17. The molecule has 0 radical (unpaired) electrons. The highest BCUT2D eigenvalue weighted by atomic mass is 35.5. The molecule has 0 bridgehead atoms. The molecule has 130 valence electrons. The number of carbonyl (C=O) groups excluding carboxylic acids is 2. The summed E-state index contributed by atoms with van der Waals surface area (Å²) in [6, 6.07) is 7.03. The number of ketones is 1. The van der Waals surface area contributed by atoms with E-state index < -0.39 is 23.8 Å². The van der Waals surface area contributed by atoms with E-state index in [-0.39, 0.29) is 17.2 Å². The average Bonchev–Trinajstić information content (AvgIpc) is 3.05. The van der Waals surface area contributed by atoms with Crippen LogP contribution < -0.4 is 5.32 Å². The summed E-state index contributed by atoms with van der Waals surface area (Å²) in [4.78, 5) is 37.4. The lowest BCUT2D eigenvalue weighted by Crippen LogP contribution is -2.36. The van der Waals surface area contributed by atoms with Crippen molar-refractivity contribution in [2.45, 2.75) is 25.3 Å². The fourth-order valence-electron chi connectivity index (χ4n) is 3.03. The first-order valence-electron chi connectivity index (χ1n) is 7.84. The number of fused-ring (bicyclic) bond motifs is 1. The Morgan fingerprint density at radius 1 is 1.32 bits per heavy atom. The lowest BCUT2D eigenvalue weighted by atomic mass is 9.85. The lowest BCUT2D eigenvalue weighted by Gasteiger charge is -2.22. The number of hydrogen-bond donors (Lipinski definition) is 2. The molecular weight excluding hydrogens is 362 g/mol. The number of aliphatic carboxylic acids is 1. The molecule has 1 aliphatic rings. The Labute approximate surface area is 153 Å². The van der Waals surface area contributed by atoms with Crippen molar-refractivity contribution in [1.29, 1.82) is 0 Å². The molecule has 0 aliphatic heterocycles. The lowest BCUT2D eigenvalue weighted by molar-refractivity contribution is -0.142. The Balaban J connectivity index is 1.70. The third kappa shape index (κ3) is 3.75. The second-order valence-electron chi connectivity index (χ2n) is 5.92. The molecule has 2 N–H and O–H groups in total. The third-order valence-corrected chi connectivity index (χ3v) is 5.63. The first kappa shape index (κ1) is 17.6. The zero-order chi connectivity index (χ0) is 18.0. The van der Waals surface area contributed by atoms with Crippen molar-refractivity contribution in [3.63, 3.8) is 0 Å². The maximum absolute atomic E-state index is 12.4. The van der Waals surface area contributed by atoms with Gasteiger partial charge in [0.1, 0.15) is 0 Å². The van der Waals surface area contributed by atoms with Gasteiger partial charge in [0.05, 0.1) is 0 Å². The Morgan fingerprint density at radius 2 is 2.08 bits per heavy atom. The maximum Gasteiger partial charge on any atom is 0.330 e. The minimum Gasteiger partial charge on any atom is -0.479 e. The SMILES string of the molecule is O=C(CC1CCc2sccc2C1=O)NC(C(=O)O)c1ccccc1Cl. The first-order chi connectivity index (χ1) is 12.0. The number of Topliss-reactive ketones (excluding diaryl/α,β-unsaturated/α-hetero) is 1. The van der Waals surface area contributed by atoms with E-state index in [0.717, 1.165) is 11.3 Å². The largest absolute Gasteiger partial charge is 0.479 e. The number of hydrogen-bond acceptors (Lipinski definition) is 4. The molecule has 1 aliphatic carbocycles. The molecule has 3 rings (SSSR count). The van der Waals surface area contributed by atoms with E-state index in [9.17, 15) is 19.5 Å². The van der Waals surface area contributed by atoms with Crippen molar-refractivity contribution in [2.75, 3.05) is 0 Å². The van der Waals surface area contributed by atoms with Gasteiger partial charge in [-0.2, -0.15) is 0 Å². The Kier molecular flexibility index (Phi) is 5.20. The van der Waals surface area contributed by atoms with Crippen LogP contribution in [0.4, 0.5) is 0 Å². The highest BCUT2D eigenvalue weighted by Gasteiger charge is 2.31. The standard InChI is InChI=1S/C18H16ClNO4S/c19-13-4-2-1-3-11(13)16(18(23)24)20-15(21)9-10-5-6-14-12(17(10)22)7-8-25-14/h1-4,7-8,10,16H,5-6,9H2,(H,20,21)(H,23,24). The van der Waals surface area contributed by atoms with Crippen LogP contribution in [0.3, 0.4) is 0 Å². The van der Waals surface area contributed by atoms with E-state index in [2.05, 4.69) is 5.32 Å². The van der Waals surface area contributed by atoms with Gasteiger partial charge >= 0.3 is 5.97 Å². The van der Waals surface area contributed by atoms with Gasteiger partial charge in [-0.15, -0.1) is 11.3 Å². The second kappa shape index (κ2) is 7.37. The smallest absolute Gasteiger partial charge is 0.330 e. The zero-order valence-corrected chi connectivity index (χ0v) is 14.8. The normalized spacial score (nSPS) is 17.6. The van der Waals surface area contributed by atoms with Crippen molar-refractivity contribution in [3.05, 3.63) is 56.7 Å². The Morgan fingerprint density at radius 3 is 2.80 bits per heavy atom. The number of aryl methyl sites for hydroxylation is 1. The van der Waals surface area contributed by atoms with E-state index in [1.807, 2.05) is 5.38 Å². The minimum absolute atomic E-state index is 0.0254. The van der Waals surface area contributed by atoms with Gasteiger partial charge in [0, 0.05) is 33.4 Å². The topological polar surface area (TPSA) is 83.5 Å². The fraction of sp³-hybridized carbons (Fsp3) is 0.278. The highest BCUT2D eigenvalue weighted by molar-refractivity contribution is 7.10. The predicted octanol–water partition coefficient (Wildman–Crippen LogP) is 3.48. The molecule has 7 heteroatoms. The molecule has 0 fully saturated rings. The van der Waals surface area contributed by atoms with Gasteiger partial charge in [0.2, 0.25) is 5.91 Å². The molecule has 1 aromatic carbocycles. The van der Waals surface area contributed by atoms with Crippen LogP contribution in [0.5, 0.6) is 0 Å². The van der Waals surface area contributed by atoms with E-state index in [4.69, 9.17) is 11.6 Å². The van der Waals surface area contributed by atoms with Gasteiger partial charge in [-0.05, 0) is 30.4 Å². The number of amides is 1. The van der Waals surface area contributed by atoms with E-state index in [1.54, 1.807) is 41.7 Å². The van der Waals surface area contributed by atoms with E-state index in [0.29, 0.717) is 17.5 Å². The van der Waals surface area contributed by atoms with Crippen LogP contribution >= 0.6 is 22.9 Å². The van der Waals surface area contributed by atoms with Crippen LogP contribution in [-0.4, -0.2) is 22.8 Å². The number of halogens is 1. The summed E-state index contributed by atoms with van der Waals surface area (Å²) in [7, 11) is 0. The van der Waals surface area contributed by atoms with Gasteiger partial charge in [-0.1, -0.05) is 29.8 Å². The molecule has 25 heavy (non-hydrogen) atoms. The number of rotatable bonds is 5. The van der Waals surface area contributed by atoms with Gasteiger partial charge in [0.15, 0.2) is 11.8 Å². The molecule has 5 nitrogen and oxygen atoms in total. The monoisotopic (exact) mass is 377 g/mol. The van der Waals surface area contributed by atoms with Crippen LogP contribution in [0.15, 0.2) is 35.7 Å². The third-order valence-electron chi connectivity index (χ3n) is 4.30. The van der Waals surface area contributed by atoms with Crippen molar-refractivity contribution in [1.82, 2.24) is 5.32 Å². The summed E-state index contributed by atoms with van der Waals surface area (Å²) in [6.45, 7) is 0. The molecule has 0 saturated heterocycles. The summed E-state index contributed by atoms with van der Waals surface area (Å²) in [5, 5.41) is 14.1. The highest BCUT2D eigenvalue weighted by Crippen LogP contribution is 2.31. The number of carboxylic acid groups (broad SMARTS) is 1. The summed E-state index contributed by atoms with van der Waals surface area (Å²) < 4.78 is 0. The maximum atomic E-state index is 12.4. The molecule has 0 spiro atoms. The molecule has 2 aromatic rings. The van der Waals surface area contributed by atoms with Crippen LogP contribution in [0.2, 0.25) is 5.02 Å². The van der Waals surface area contributed by atoms with Gasteiger partial charge < -0.3 is 10.4 Å². The van der Waals surface area contributed by atoms with E-state index in [1.165, 1.54) is 0 Å². The van der Waals surface area contributed by atoms with Crippen LogP contribution in [0.1, 0.15) is 39.7 Å². The van der Waals surface area contributed by atoms with E-state index >= 15 is 0 Å². The van der Waals surface area contributed by atoms with Gasteiger partial charge in [-0.3, -0.25) is 9.59 Å². The zero-order valence-electron chi connectivity index (χ0n) is 13.2. The number of carboxylic acids is 1. The Bertz CT molecular complexity index is 832. The van der Waals surface area contributed by atoms with Crippen molar-refractivity contribution < 1.29 is 19.5 Å². The summed E-state index contributed by atoms with van der Waals surface area (Å²) in [5.74, 6) is -2.12. The average molecular weight is 378 g/mol. The predicted molar refractivity (Wildman–Crippen MR) is 95.0 cm³/mol. The number of thiophene rings is 1. The van der Waals surface area contributed by atoms with Crippen molar-refractivity contribution in [3.8, 4) is 0 Å². The quantitative estimate of drug-likeness (QED) is 0.835. The number of nitrogens with one attached hydrogen (secondary N) is 1. The summed E-state index contributed by atoms with van der Waals surface area (Å²) >= 11 is 7.59. The van der Waals surface area contributed by atoms with Crippen molar-refractivity contribution >= 4 is 40.6 Å². The number of carbonyl (C=O) groups is 3. The molecular formula is C18H16ClNO4S. The molecule has 2 atom stereocenters. The number of benzene rings is 1. The molecule has 1 amide bonds. The van der Waals surface area contributed by atoms with Gasteiger partial charge in [-0.25, -0.2) is 4.79 Å². The molecule has 1 heterocycles. The van der Waals surface area contributed by atoms with Crippen LogP contribution in [-0.2, 0) is 16.0 Å². The van der Waals surface area contributed by atoms with Crippen LogP contribution in [0.25, 0.3) is 0 Å². The molecule has 0 saturated carbocycles. The second-order valence-corrected chi connectivity index (χ2v) is 7.33.